The first kappa shape index (κ1) is 70.4. The average molecular weight is 1040 g/mol. The number of carbonyl (C=O) groups is 1. The Morgan fingerprint density at radius 1 is 0.493 bits per heavy atom. The van der Waals surface area contributed by atoms with Gasteiger partial charge < -0.3 is 28.8 Å². The van der Waals surface area contributed by atoms with Gasteiger partial charge in [-0.15, -0.1) is 0 Å². The van der Waals surface area contributed by atoms with Crippen LogP contribution in [0.5, 0.6) is 0 Å². The molecular weight excluding hydrogens is 924 g/mol. The third-order valence-electron chi connectivity index (χ3n) is 13.0. The number of likely N-dealkylation sites (N-methyl/N-ethyl adjacent to an activating group) is 1. The predicted octanol–water partition coefficient (Wildman–Crippen LogP) is 18.0. The van der Waals surface area contributed by atoms with Gasteiger partial charge in [-0.3, -0.25) is 9.36 Å². The van der Waals surface area contributed by atoms with E-state index in [4.69, 9.17) is 9.05 Å². The minimum atomic E-state index is -4.61. The van der Waals surface area contributed by atoms with Crippen molar-refractivity contribution < 1.29 is 32.9 Å². The van der Waals surface area contributed by atoms with Crippen LogP contribution in [0.3, 0.4) is 0 Å². The highest BCUT2D eigenvalue weighted by Gasteiger charge is 2.23. The third-order valence-corrected chi connectivity index (χ3v) is 14.0. The maximum atomic E-state index is 13.0. The van der Waals surface area contributed by atoms with Gasteiger partial charge in [0, 0.05) is 6.42 Å². The maximum Gasteiger partial charge on any atom is 0.268 e. The van der Waals surface area contributed by atoms with Crippen molar-refractivity contribution in [1.29, 1.82) is 0 Å². The van der Waals surface area contributed by atoms with Crippen molar-refractivity contribution in [3.63, 3.8) is 0 Å². The molecule has 0 aromatic rings. The summed E-state index contributed by atoms with van der Waals surface area (Å²) in [5.41, 5.74) is 0. The Bertz CT molecular complexity index is 1510. The number of amides is 1. The average Bonchev–Trinajstić information content (AvgIpc) is 3.35. The van der Waals surface area contributed by atoms with Gasteiger partial charge in [0.25, 0.3) is 7.82 Å². The Morgan fingerprint density at radius 2 is 0.836 bits per heavy atom. The fourth-order valence-corrected chi connectivity index (χ4v) is 9.09. The van der Waals surface area contributed by atoms with Crippen LogP contribution < -0.4 is 10.2 Å². The topological polar surface area (TPSA) is 108 Å². The maximum absolute atomic E-state index is 13.0. The molecule has 8 nitrogen and oxygen atoms in total. The lowest BCUT2D eigenvalue weighted by molar-refractivity contribution is -0.870. The summed E-state index contributed by atoms with van der Waals surface area (Å²) in [5.74, 6) is -0.218. The molecule has 0 heterocycles. The zero-order chi connectivity index (χ0) is 53.5. The SMILES string of the molecule is CC/C=C\C/C=C\C/C=C\C/C=C\C/C=C\C/C=C\C/C=C\CCCCCCCC(=O)NC(COP(=O)([O-])OCC[N+](C)(C)C)C(O)/C=C/CCCCCCCCCCCCCCCCCCCCCCCC. The summed E-state index contributed by atoms with van der Waals surface area (Å²) in [7, 11) is 1.24. The standard InChI is InChI=1S/C64H115N2O6P/c1-6-8-10-12-14-16-18-20-22-24-26-28-30-32-33-34-36-38-40-42-44-46-48-50-52-54-56-58-64(68)65-62(61-72-73(69,70)71-60-59-66(3,4)5)63(67)57-55-53-51-49-47-45-43-41-39-37-35-31-29-27-25-23-21-19-17-15-13-11-9-7-2/h8,10,14,16,20,22,26,28,32-33,36,38,42,44,55,57,62-63,67H,6-7,9,11-13,15,17-19,21,23-25,27,29-31,34-35,37,39-41,43,45-54,56,58-61H2,1-5H3,(H-,65,68,69,70)/b10-8-,16-14-,22-20-,28-26-,33-32-,38-36-,44-42-,57-55+. The van der Waals surface area contributed by atoms with E-state index in [0.717, 1.165) is 103 Å². The van der Waals surface area contributed by atoms with Gasteiger partial charge in [-0.1, -0.05) is 265 Å². The molecule has 2 N–H and O–H groups in total. The quantitative estimate of drug-likeness (QED) is 0.0272. The monoisotopic (exact) mass is 1040 g/mol. The lowest BCUT2D eigenvalue weighted by Gasteiger charge is -2.29. The molecule has 0 aromatic heterocycles. The number of rotatable bonds is 54. The van der Waals surface area contributed by atoms with Crippen LogP contribution in [0.2, 0.25) is 0 Å². The number of hydrogen-bond donors (Lipinski definition) is 2. The lowest BCUT2D eigenvalue weighted by atomic mass is 10.0. The number of unbranched alkanes of at least 4 members (excludes halogenated alkanes) is 27. The summed E-state index contributed by atoms with van der Waals surface area (Å²) in [5, 5.41) is 13.9. The second-order valence-corrected chi connectivity index (χ2v) is 22.7. The van der Waals surface area contributed by atoms with Crippen molar-refractivity contribution in [3.8, 4) is 0 Å². The highest BCUT2D eigenvalue weighted by Crippen LogP contribution is 2.38. The third kappa shape index (κ3) is 57.0. The van der Waals surface area contributed by atoms with Crippen molar-refractivity contribution in [1.82, 2.24) is 5.32 Å². The minimum Gasteiger partial charge on any atom is -0.756 e. The molecule has 73 heavy (non-hydrogen) atoms. The minimum absolute atomic E-state index is 0.0100. The molecule has 0 aromatic carbocycles. The number of carbonyl (C=O) groups excluding carboxylic acids is 1. The van der Waals surface area contributed by atoms with Crippen LogP contribution in [0.15, 0.2) is 97.2 Å². The zero-order valence-electron chi connectivity index (χ0n) is 48.1. The van der Waals surface area contributed by atoms with E-state index in [0.29, 0.717) is 17.4 Å². The summed E-state index contributed by atoms with van der Waals surface area (Å²) in [6, 6.07) is -0.905. The number of nitrogens with one attached hydrogen (secondary N) is 1. The first-order valence-corrected chi connectivity index (χ1v) is 31.6. The highest BCUT2D eigenvalue weighted by atomic mass is 31.2. The van der Waals surface area contributed by atoms with Crippen LogP contribution in [-0.4, -0.2) is 68.5 Å². The van der Waals surface area contributed by atoms with Gasteiger partial charge in [0.2, 0.25) is 5.91 Å². The molecule has 0 saturated carbocycles. The second kappa shape index (κ2) is 54.2. The lowest BCUT2D eigenvalue weighted by Crippen LogP contribution is -2.45. The Balaban J connectivity index is 4.28. The van der Waals surface area contributed by atoms with Crippen molar-refractivity contribution >= 4 is 13.7 Å². The summed E-state index contributed by atoms with van der Waals surface area (Å²) in [6.45, 7) is 4.53. The number of quaternary nitrogens is 1. The van der Waals surface area contributed by atoms with Crippen LogP contribution in [0.1, 0.15) is 251 Å². The molecule has 422 valence electrons. The van der Waals surface area contributed by atoms with Crippen LogP contribution in [0.4, 0.5) is 0 Å². The number of aliphatic hydroxyl groups is 1. The molecule has 3 unspecified atom stereocenters. The first-order chi connectivity index (χ1) is 35.5. The fraction of sp³-hybridized carbons (Fsp3) is 0.734. The van der Waals surface area contributed by atoms with Crippen molar-refractivity contribution in [2.24, 2.45) is 0 Å². The number of phosphoric ester groups is 1. The first-order valence-electron chi connectivity index (χ1n) is 30.1. The molecule has 9 heteroatoms. The number of hydrogen-bond acceptors (Lipinski definition) is 6. The predicted molar refractivity (Wildman–Crippen MR) is 316 cm³/mol. The van der Waals surface area contributed by atoms with Gasteiger partial charge in [-0.25, -0.2) is 0 Å². The molecule has 0 aliphatic rings. The molecular formula is C64H115N2O6P. The van der Waals surface area contributed by atoms with Gasteiger partial charge in [0.15, 0.2) is 0 Å². The fourth-order valence-electron chi connectivity index (χ4n) is 8.37. The Hall–Kier alpha value is -2.58. The van der Waals surface area contributed by atoms with Gasteiger partial charge in [0.1, 0.15) is 13.2 Å². The number of phosphoric acid groups is 1. The van der Waals surface area contributed by atoms with Gasteiger partial charge in [-0.2, -0.15) is 0 Å². The summed E-state index contributed by atoms with van der Waals surface area (Å²) >= 11 is 0. The smallest absolute Gasteiger partial charge is 0.268 e. The molecule has 1 amide bonds. The molecule has 0 spiro atoms. The van der Waals surface area contributed by atoms with Gasteiger partial charge in [-0.05, 0) is 77.0 Å². The Labute approximate surface area is 451 Å². The number of allylic oxidation sites excluding steroid dienone is 15. The van der Waals surface area contributed by atoms with E-state index >= 15 is 0 Å². The van der Waals surface area contributed by atoms with E-state index in [-0.39, 0.29) is 12.5 Å². The molecule has 0 fully saturated rings. The molecule has 0 aliphatic carbocycles. The van der Waals surface area contributed by atoms with Crippen molar-refractivity contribution in [2.45, 2.75) is 264 Å². The van der Waals surface area contributed by atoms with E-state index < -0.39 is 26.6 Å². The highest BCUT2D eigenvalue weighted by molar-refractivity contribution is 7.45. The van der Waals surface area contributed by atoms with E-state index in [2.05, 4.69) is 104 Å². The van der Waals surface area contributed by atoms with E-state index in [1.54, 1.807) is 6.08 Å². The molecule has 0 bridgehead atoms. The van der Waals surface area contributed by atoms with Crippen molar-refractivity contribution in [3.05, 3.63) is 97.2 Å². The van der Waals surface area contributed by atoms with E-state index in [1.807, 2.05) is 27.2 Å². The summed E-state index contributed by atoms with van der Waals surface area (Å²) in [6.07, 6.45) is 77.7. The van der Waals surface area contributed by atoms with Crippen LogP contribution in [-0.2, 0) is 18.4 Å². The number of nitrogens with zero attached hydrogens (tertiary/aromatic N) is 1. The Morgan fingerprint density at radius 3 is 1.22 bits per heavy atom. The summed E-state index contributed by atoms with van der Waals surface area (Å²) in [4.78, 5) is 25.5. The van der Waals surface area contributed by atoms with Gasteiger partial charge >= 0.3 is 0 Å². The Kier molecular flexibility index (Phi) is 52.3. The second-order valence-electron chi connectivity index (χ2n) is 21.3. The van der Waals surface area contributed by atoms with Crippen LogP contribution >= 0.6 is 7.82 Å². The van der Waals surface area contributed by atoms with Crippen molar-refractivity contribution in [2.75, 3.05) is 40.9 Å². The van der Waals surface area contributed by atoms with E-state index in [9.17, 15) is 19.4 Å². The molecule has 0 radical (unpaired) electrons. The molecule has 0 saturated heterocycles. The van der Waals surface area contributed by atoms with Crippen LogP contribution in [0, 0.1) is 0 Å². The molecule has 0 rings (SSSR count). The molecule has 0 aliphatic heterocycles. The summed E-state index contributed by atoms with van der Waals surface area (Å²) < 4.78 is 23.4. The number of aliphatic hydroxyl groups excluding tert-OH is 1. The molecule has 3 atom stereocenters. The largest absolute Gasteiger partial charge is 0.756 e. The van der Waals surface area contributed by atoms with Crippen LogP contribution in [0.25, 0.3) is 0 Å². The zero-order valence-corrected chi connectivity index (χ0v) is 49.0. The van der Waals surface area contributed by atoms with Gasteiger partial charge in [0.05, 0.1) is 39.9 Å². The van der Waals surface area contributed by atoms with E-state index in [1.165, 1.54) is 128 Å². The normalized spacial score (nSPS) is 14.6.